The van der Waals surface area contributed by atoms with Gasteiger partial charge < -0.3 is 19.7 Å². The molecule has 1 unspecified atom stereocenters. The molecule has 134 valence electrons. The lowest BCUT2D eigenvalue weighted by Crippen LogP contribution is -2.57. The first-order valence-corrected chi connectivity index (χ1v) is 8.99. The fourth-order valence-electron chi connectivity index (χ4n) is 5.46. The van der Waals surface area contributed by atoms with Crippen LogP contribution in [0.5, 0.6) is 0 Å². The number of fused-ring (bicyclic) bond motifs is 1. The zero-order valence-electron chi connectivity index (χ0n) is 14.7. The SMILES string of the molecule is C=C1CC[C@@H]2[C@](C)(CO)[C@H](O)CC[C@@]2(C)[C@@H]1CC(O)c1ccoc1. The minimum absolute atomic E-state index is 0.00208. The monoisotopic (exact) mass is 334 g/mol. The van der Waals surface area contributed by atoms with Crippen LogP contribution in [0.25, 0.3) is 0 Å². The Morgan fingerprint density at radius 1 is 1.38 bits per heavy atom. The predicted molar refractivity (Wildman–Crippen MR) is 92.2 cm³/mol. The second-order valence-corrected chi connectivity index (χ2v) is 8.33. The van der Waals surface area contributed by atoms with Gasteiger partial charge in [0.2, 0.25) is 0 Å². The van der Waals surface area contributed by atoms with Gasteiger partial charge in [0.1, 0.15) is 0 Å². The molecule has 4 heteroatoms. The Kier molecular flexibility index (Phi) is 4.67. The van der Waals surface area contributed by atoms with E-state index >= 15 is 0 Å². The van der Waals surface area contributed by atoms with Crippen LogP contribution in [-0.2, 0) is 0 Å². The van der Waals surface area contributed by atoms with Crippen LogP contribution in [-0.4, -0.2) is 28.0 Å². The molecule has 0 aromatic carbocycles. The van der Waals surface area contributed by atoms with Crippen LogP contribution in [0.15, 0.2) is 35.2 Å². The Balaban J connectivity index is 1.89. The molecule has 2 aliphatic rings. The van der Waals surface area contributed by atoms with E-state index in [9.17, 15) is 15.3 Å². The third-order valence-electron chi connectivity index (χ3n) is 7.08. The molecule has 0 spiro atoms. The average Bonchev–Trinajstić information content (AvgIpc) is 3.09. The summed E-state index contributed by atoms with van der Waals surface area (Å²) in [6.07, 6.45) is 6.18. The minimum atomic E-state index is -0.576. The molecule has 0 aliphatic heterocycles. The molecule has 3 N–H and O–H groups in total. The zero-order chi connectivity index (χ0) is 17.5. The molecule has 1 aromatic rings. The van der Waals surface area contributed by atoms with Crippen molar-refractivity contribution in [3.05, 3.63) is 36.3 Å². The van der Waals surface area contributed by atoms with Crippen molar-refractivity contribution in [3.63, 3.8) is 0 Å². The van der Waals surface area contributed by atoms with Gasteiger partial charge in [0.15, 0.2) is 0 Å². The third-order valence-corrected chi connectivity index (χ3v) is 7.08. The van der Waals surface area contributed by atoms with Gasteiger partial charge in [0, 0.05) is 11.0 Å². The van der Waals surface area contributed by atoms with Gasteiger partial charge in [-0.1, -0.05) is 26.0 Å². The largest absolute Gasteiger partial charge is 0.472 e. The molecule has 6 atom stereocenters. The highest BCUT2D eigenvalue weighted by atomic mass is 16.3. The number of rotatable bonds is 4. The second-order valence-electron chi connectivity index (χ2n) is 8.33. The van der Waals surface area contributed by atoms with Gasteiger partial charge in [-0.25, -0.2) is 0 Å². The molecular formula is C20H30O4. The smallest absolute Gasteiger partial charge is 0.0960 e. The maximum atomic E-state index is 10.6. The highest BCUT2D eigenvalue weighted by Crippen LogP contribution is 2.62. The number of furan rings is 1. The van der Waals surface area contributed by atoms with Crippen molar-refractivity contribution in [2.75, 3.05) is 6.61 Å². The molecule has 2 saturated carbocycles. The second kappa shape index (κ2) is 6.32. The van der Waals surface area contributed by atoms with Gasteiger partial charge in [0.25, 0.3) is 0 Å². The Hall–Kier alpha value is -1.10. The minimum Gasteiger partial charge on any atom is -0.472 e. The molecule has 0 bridgehead atoms. The molecule has 2 fully saturated rings. The van der Waals surface area contributed by atoms with Crippen LogP contribution in [0.4, 0.5) is 0 Å². The van der Waals surface area contributed by atoms with E-state index in [-0.39, 0.29) is 23.9 Å². The van der Waals surface area contributed by atoms with Crippen LogP contribution < -0.4 is 0 Å². The highest BCUT2D eigenvalue weighted by Gasteiger charge is 2.57. The van der Waals surface area contributed by atoms with Gasteiger partial charge in [-0.15, -0.1) is 0 Å². The summed E-state index contributed by atoms with van der Waals surface area (Å²) in [6, 6.07) is 1.80. The van der Waals surface area contributed by atoms with Gasteiger partial charge in [-0.2, -0.15) is 0 Å². The van der Waals surface area contributed by atoms with Crippen LogP contribution in [0.1, 0.15) is 57.6 Å². The number of aliphatic hydroxyl groups excluding tert-OH is 3. The first-order valence-electron chi connectivity index (χ1n) is 8.99. The fraction of sp³-hybridized carbons (Fsp3) is 0.700. The van der Waals surface area contributed by atoms with Crippen molar-refractivity contribution in [3.8, 4) is 0 Å². The molecule has 0 saturated heterocycles. The van der Waals surface area contributed by atoms with Crippen molar-refractivity contribution < 1.29 is 19.7 Å². The quantitative estimate of drug-likeness (QED) is 0.737. The van der Waals surface area contributed by atoms with Crippen molar-refractivity contribution in [1.29, 1.82) is 0 Å². The molecule has 0 amide bonds. The number of hydrogen-bond donors (Lipinski definition) is 3. The summed E-state index contributed by atoms with van der Waals surface area (Å²) < 4.78 is 5.10. The first-order chi connectivity index (χ1) is 11.3. The van der Waals surface area contributed by atoms with E-state index < -0.39 is 17.6 Å². The van der Waals surface area contributed by atoms with Gasteiger partial charge in [0.05, 0.1) is 31.3 Å². The lowest BCUT2D eigenvalue weighted by molar-refractivity contribution is -0.155. The fourth-order valence-corrected chi connectivity index (χ4v) is 5.46. The van der Waals surface area contributed by atoms with Gasteiger partial charge in [-0.05, 0) is 55.4 Å². The van der Waals surface area contributed by atoms with E-state index in [1.807, 2.05) is 6.92 Å². The predicted octanol–water partition coefficient (Wildman–Crippen LogP) is 3.45. The van der Waals surface area contributed by atoms with Crippen molar-refractivity contribution in [2.24, 2.45) is 22.7 Å². The number of allylic oxidation sites excluding steroid dienone is 1. The molecule has 3 rings (SSSR count). The summed E-state index contributed by atoms with van der Waals surface area (Å²) in [5.74, 6) is 0.408. The summed E-state index contributed by atoms with van der Waals surface area (Å²) in [7, 11) is 0. The summed E-state index contributed by atoms with van der Waals surface area (Å²) in [5, 5.41) is 31.2. The van der Waals surface area contributed by atoms with E-state index in [4.69, 9.17) is 4.42 Å². The molecule has 1 heterocycles. The molecule has 0 radical (unpaired) electrons. The number of hydrogen-bond acceptors (Lipinski definition) is 4. The van der Waals surface area contributed by atoms with E-state index in [1.54, 1.807) is 18.6 Å². The van der Waals surface area contributed by atoms with Crippen LogP contribution in [0, 0.1) is 22.7 Å². The maximum absolute atomic E-state index is 10.6. The Morgan fingerprint density at radius 3 is 2.75 bits per heavy atom. The van der Waals surface area contributed by atoms with E-state index in [0.29, 0.717) is 12.8 Å². The topological polar surface area (TPSA) is 73.8 Å². The summed E-state index contributed by atoms with van der Waals surface area (Å²) in [4.78, 5) is 0. The van der Waals surface area contributed by atoms with Gasteiger partial charge >= 0.3 is 0 Å². The maximum Gasteiger partial charge on any atom is 0.0960 e. The molecule has 24 heavy (non-hydrogen) atoms. The first kappa shape index (κ1) is 17.7. The average molecular weight is 334 g/mol. The van der Waals surface area contributed by atoms with Gasteiger partial charge in [-0.3, -0.25) is 0 Å². The summed E-state index contributed by atoms with van der Waals surface area (Å²) >= 11 is 0. The third kappa shape index (κ3) is 2.65. The summed E-state index contributed by atoms with van der Waals surface area (Å²) in [6.45, 7) is 8.57. The lowest BCUT2D eigenvalue weighted by Gasteiger charge is -2.60. The molecule has 4 nitrogen and oxygen atoms in total. The Morgan fingerprint density at radius 2 is 2.12 bits per heavy atom. The molecule has 1 aromatic heterocycles. The lowest BCUT2D eigenvalue weighted by atomic mass is 9.46. The van der Waals surface area contributed by atoms with E-state index in [2.05, 4.69) is 13.5 Å². The van der Waals surface area contributed by atoms with Crippen LogP contribution in [0.3, 0.4) is 0 Å². The van der Waals surface area contributed by atoms with Crippen LogP contribution >= 0.6 is 0 Å². The zero-order valence-corrected chi connectivity index (χ0v) is 14.7. The van der Waals surface area contributed by atoms with Crippen LogP contribution in [0.2, 0.25) is 0 Å². The number of aliphatic hydroxyl groups is 3. The summed E-state index contributed by atoms with van der Waals surface area (Å²) in [5.41, 5.74) is 1.45. The van der Waals surface area contributed by atoms with E-state index in [0.717, 1.165) is 24.8 Å². The standard InChI is InChI=1S/C20H30O4/c1-13-4-5-17-19(2,8-6-18(23)20(17,3)12-21)15(13)10-16(22)14-7-9-24-11-14/h7,9,11,15-18,21-23H,1,4-6,8,10,12H2,2-3H3/t15-,16?,17+,18-,19+,20+/m1/s1. The Labute approximate surface area is 144 Å². The van der Waals surface area contributed by atoms with Crippen molar-refractivity contribution in [2.45, 2.75) is 58.2 Å². The van der Waals surface area contributed by atoms with E-state index in [1.165, 1.54) is 5.57 Å². The molecular weight excluding hydrogens is 304 g/mol. The molecule has 2 aliphatic carbocycles. The van der Waals surface area contributed by atoms with Crippen molar-refractivity contribution in [1.82, 2.24) is 0 Å². The van der Waals surface area contributed by atoms with Crippen molar-refractivity contribution >= 4 is 0 Å². The highest BCUT2D eigenvalue weighted by molar-refractivity contribution is 5.19. The Bertz CT molecular complexity index is 580. The normalized spacial score (nSPS) is 41.0.